The number of nitro benzene ring substituents is 1. The number of rotatable bonds is 5. The van der Waals surface area contributed by atoms with Crippen LogP contribution in [0.25, 0.3) is 0 Å². The minimum atomic E-state index is -0.471. The Kier molecular flexibility index (Phi) is 5.06. The van der Waals surface area contributed by atoms with Crippen LogP contribution in [0.15, 0.2) is 18.2 Å². The third-order valence-electron chi connectivity index (χ3n) is 2.33. The Hall–Kier alpha value is -1.66. The summed E-state index contributed by atoms with van der Waals surface area (Å²) in [7, 11) is 3.29. The van der Waals surface area contributed by atoms with Crippen LogP contribution in [0.2, 0.25) is 5.02 Å². The fraction of sp³-hybridized carbons (Fsp3) is 0.364. The Bertz CT molecular complexity index is 463. The fourth-order valence-electron chi connectivity index (χ4n) is 1.34. The number of nitrogens with one attached hydrogen (secondary N) is 1. The zero-order valence-electron chi connectivity index (χ0n) is 10.1. The van der Waals surface area contributed by atoms with Gasteiger partial charge in [0.1, 0.15) is 0 Å². The molecular formula is C11H14ClN3O3. The van der Waals surface area contributed by atoms with E-state index in [9.17, 15) is 14.9 Å². The summed E-state index contributed by atoms with van der Waals surface area (Å²) < 4.78 is 0. The number of hydrogen-bond acceptors (Lipinski definition) is 4. The van der Waals surface area contributed by atoms with Crippen molar-refractivity contribution in [1.82, 2.24) is 10.2 Å². The highest BCUT2D eigenvalue weighted by atomic mass is 35.5. The van der Waals surface area contributed by atoms with Gasteiger partial charge in [0.25, 0.3) is 5.69 Å². The Labute approximate surface area is 110 Å². The molecule has 0 fully saturated rings. The first-order valence-corrected chi connectivity index (χ1v) is 5.63. The van der Waals surface area contributed by atoms with E-state index in [0.717, 1.165) is 0 Å². The molecule has 98 valence electrons. The molecule has 1 amide bonds. The Balaban J connectivity index is 2.69. The van der Waals surface area contributed by atoms with Crippen molar-refractivity contribution in [3.05, 3.63) is 38.9 Å². The molecule has 0 atom stereocenters. The third kappa shape index (κ3) is 3.97. The molecule has 1 aromatic carbocycles. The van der Waals surface area contributed by atoms with Crippen LogP contribution in [-0.2, 0) is 11.3 Å². The molecular weight excluding hydrogens is 258 g/mol. The number of nitro groups is 1. The van der Waals surface area contributed by atoms with Crippen LogP contribution in [0.4, 0.5) is 5.69 Å². The maximum absolute atomic E-state index is 11.3. The number of hydrogen-bond donors (Lipinski definition) is 1. The van der Waals surface area contributed by atoms with Gasteiger partial charge in [0, 0.05) is 37.3 Å². The van der Waals surface area contributed by atoms with Crippen molar-refractivity contribution in [3.8, 4) is 0 Å². The second-order valence-electron chi connectivity index (χ2n) is 3.92. The van der Waals surface area contributed by atoms with Crippen molar-refractivity contribution in [2.45, 2.75) is 6.54 Å². The van der Waals surface area contributed by atoms with E-state index >= 15 is 0 Å². The first-order chi connectivity index (χ1) is 8.41. The van der Waals surface area contributed by atoms with E-state index in [2.05, 4.69) is 5.32 Å². The Morgan fingerprint density at radius 3 is 2.72 bits per heavy atom. The summed E-state index contributed by atoms with van der Waals surface area (Å²) in [6.45, 7) is 0.340. The first kappa shape index (κ1) is 14.4. The van der Waals surface area contributed by atoms with Crippen molar-refractivity contribution in [3.63, 3.8) is 0 Å². The van der Waals surface area contributed by atoms with Crippen LogP contribution in [0.3, 0.4) is 0 Å². The highest BCUT2D eigenvalue weighted by molar-refractivity contribution is 6.30. The monoisotopic (exact) mass is 271 g/mol. The van der Waals surface area contributed by atoms with Gasteiger partial charge >= 0.3 is 0 Å². The highest BCUT2D eigenvalue weighted by Crippen LogP contribution is 2.22. The minimum absolute atomic E-state index is 0.01000. The molecule has 7 heteroatoms. The van der Waals surface area contributed by atoms with Crippen LogP contribution in [-0.4, -0.2) is 36.4 Å². The molecule has 6 nitrogen and oxygen atoms in total. The first-order valence-electron chi connectivity index (χ1n) is 5.25. The molecule has 0 saturated carbocycles. The summed E-state index contributed by atoms with van der Waals surface area (Å²) in [6.07, 6.45) is 0. The summed E-state index contributed by atoms with van der Waals surface area (Å²) in [6, 6.07) is 4.34. The van der Waals surface area contributed by atoms with Crippen LogP contribution >= 0.6 is 11.6 Å². The van der Waals surface area contributed by atoms with Crippen LogP contribution in [0, 0.1) is 10.1 Å². The predicted molar refractivity (Wildman–Crippen MR) is 68.5 cm³/mol. The molecule has 1 N–H and O–H groups in total. The molecule has 0 bridgehead atoms. The quantitative estimate of drug-likeness (QED) is 0.649. The van der Waals surface area contributed by atoms with E-state index in [1.807, 2.05) is 0 Å². The lowest BCUT2D eigenvalue weighted by Crippen LogP contribution is -2.32. The van der Waals surface area contributed by atoms with Gasteiger partial charge in [-0.1, -0.05) is 11.6 Å². The average Bonchev–Trinajstić information content (AvgIpc) is 2.28. The van der Waals surface area contributed by atoms with Gasteiger partial charge in [-0.05, 0) is 12.1 Å². The molecule has 18 heavy (non-hydrogen) atoms. The summed E-state index contributed by atoms with van der Waals surface area (Å²) in [5.74, 6) is -0.0975. The Morgan fingerprint density at radius 2 is 2.17 bits per heavy atom. The van der Waals surface area contributed by atoms with Crippen molar-refractivity contribution < 1.29 is 9.72 Å². The third-order valence-corrected chi connectivity index (χ3v) is 2.56. The molecule has 0 saturated heterocycles. The lowest BCUT2D eigenvalue weighted by molar-refractivity contribution is -0.385. The molecule has 0 radical (unpaired) electrons. The van der Waals surface area contributed by atoms with Gasteiger partial charge in [0.15, 0.2) is 0 Å². The van der Waals surface area contributed by atoms with E-state index in [4.69, 9.17) is 11.6 Å². The van der Waals surface area contributed by atoms with Gasteiger partial charge < -0.3 is 10.2 Å². The SMILES string of the molecule is CN(C)C(=O)CNCc1cc(Cl)ccc1[N+](=O)[O-]. The molecule has 0 aliphatic heterocycles. The van der Waals surface area contributed by atoms with Gasteiger partial charge in [-0.15, -0.1) is 0 Å². The molecule has 0 unspecified atom stereocenters. The highest BCUT2D eigenvalue weighted by Gasteiger charge is 2.14. The zero-order valence-corrected chi connectivity index (χ0v) is 10.9. The topological polar surface area (TPSA) is 75.5 Å². The smallest absolute Gasteiger partial charge is 0.273 e. The predicted octanol–water partition coefficient (Wildman–Crippen LogP) is 1.43. The van der Waals surface area contributed by atoms with Crippen LogP contribution < -0.4 is 5.32 Å². The molecule has 0 spiro atoms. The van der Waals surface area contributed by atoms with E-state index in [1.54, 1.807) is 14.1 Å². The molecule has 0 aromatic heterocycles. The van der Waals surface area contributed by atoms with Crippen molar-refractivity contribution >= 4 is 23.2 Å². The second kappa shape index (κ2) is 6.32. The molecule has 0 heterocycles. The van der Waals surface area contributed by atoms with E-state index in [-0.39, 0.29) is 24.7 Å². The van der Waals surface area contributed by atoms with E-state index in [0.29, 0.717) is 10.6 Å². The maximum atomic E-state index is 11.3. The van der Waals surface area contributed by atoms with Gasteiger partial charge in [-0.2, -0.15) is 0 Å². The lowest BCUT2D eigenvalue weighted by Gasteiger charge is -2.11. The fourth-order valence-corrected chi connectivity index (χ4v) is 1.53. The second-order valence-corrected chi connectivity index (χ2v) is 4.36. The lowest BCUT2D eigenvalue weighted by atomic mass is 10.2. The van der Waals surface area contributed by atoms with Crippen LogP contribution in [0.1, 0.15) is 5.56 Å². The average molecular weight is 272 g/mol. The van der Waals surface area contributed by atoms with E-state index in [1.165, 1.54) is 23.1 Å². The zero-order chi connectivity index (χ0) is 13.7. The Morgan fingerprint density at radius 1 is 1.50 bits per heavy atom. The number of likely N-dealkylation sites (N-methyl/N-ethyl adjacent to an activating group) is 1. The van der Waals surface area contributed by atoms with E-state index < -0.39 is 4.92 Å². The van der Waals surface area contributed by atoms with Gasteiger partial charge in [-0.3, -0.25) is 14.9 Å². The van der Waals surface area contributed by atoms with Crippen LogP contribution in [0.5, 0.6) is 0 Å². The van der Waals surface area contributed by atoms with Crippen molar-refractivity contribution in [2.24, 2.45) is 0 Å². The number of benzene rings is 1. The summed E-state index contributed by atoms with van der Waals surface area (Å²) in [5.41, 5.74) is 0.447. The molecule has 1 aromatic rings. The number of halogens is 1. The van der Waals surface area contributed by atoms with Crippen molar-refractivity contribution in [2.75, 3.05) is 20.6 Å². The summed E-state index contributed by atoms with van der Waals surface area (Å²) in [4.78, 5) is 23.1. The molecule has 0 aliphatic rings. The number of amides is 1. The number of carbonyl (C=O) groups is 1. The van der Waals surface area contributed by atoms with Gasteiger partial charge in [-0.25, -0.2) is 0 Å². The maximum Gasteiger partial charge on any atom is 0.273 e. The summed E-state index contributed by atoms with van der Waals surface area (Å²) >= 11 is 5.79. The number of nitrogens with zero attached hydrogens (tertiary/aromatic N) is 2. The van der Waals surface area contributed by atoms with Crippen molar-refractivity contribution in [1.29, 1.82) is 0 Å². The molecule has 0 aliphatic carbocycles. The largest absolute Gasteiger partial charge is 0.348 e. The minimum Gasteiger partial charge on any atom is -0.348 e. The van der Waals surface area contributed by atoms with Gasteiger partial charge in [0.05, 0.1) is 11.5 Å². The number of carbonyl (C=O) groups excluding carboxylic acids is 1. The van der Waals surface area contributed by atoms with Gasteiger partial charge in [0.2, 0.25) is 5.91 Å². The molecule has 1 rings (SSSR count). The normalized spacial score (nSPS) is 10.2. The standard InChI is InChI=1S/C11H14ClN3O3/c1-14(2)11(16)7-13-6-8-5-9(12)3-4-10(8)15(17)18/h3-5,13H,6-7H2,1-2H3. The summed E-state index contributed by atoms with van der Waals surface area (Å²) in [5, 5.41) is 14.1.